The van der Waals surface area contributed by atoms with E-state index in [1.165, 1.54) is 12.8 Å². The molecular weight excluding hydrogens is 222 g/mol. The van der Waals surface area contributed by atoms with E-state index < -0.39 is 0 Å². The van der Waals surface area contributed by atoms with E-state index in [-0.39, 0.29) is 5.91 Å². The molecule has 0 heterocycles. The highest BCUT2D eigenvalue weighted by atomic mass is 35.5. The first-order valence-electron chi connectivity index (χ1n) is 5.72. The van der Waals surface area contributed by atoms with Crippen molar-refractivity contribution in [2.24, 2.45) is 0 Å². The molecule has 0 radical (unpaired) electrons. The lowest BCUT2D eigenvalue weighted by Gasteiger charge is -2.24. The third kappa shape index (κ3) is 2.22. The van der Waals surface area contributed by atoms with E-state index in [1.54, 1.807) is 12.1 Å². The van der Waals surface area contributed by atoms with Crippen molar-refractivity contribution in [1.29, 1.82) is 0 Å². The van der Waals surface area contributed by atoms with E-state index >= 15 is 0 Å². The van der Waals surface area contributed by atoms with Crippen LogP contribution < -0.4 is 0 Å². The van der Waals surface area contributed by atoms with Crippen molar-refractivity contribution in [3.63, 3.8) is 0 Å². The highest BCUT2D eigenvalue weighted by Crippen LogP contribution is 2.25. The second-order valence-electron chi connectivity index (χ2n) is 4.33. The van der Waals surface area contributed by atoms with Gasteiger partial charge in [0.15, 0.2) is 0 Å². The fourth-order valence-electron chi connectivity index (χ4n) is 2.28. The highest BCUT2D eigenvalue weighted by molar-refractivity contribution is 6.33. The fourth-order valence-corrected chi connectivity index (χ4v) is 2.50. The summed E-state index contributed by atoms with van der Waals surface area (Å²) in [5.41, 5.74) is 0.610. The average Bonchev–Trinajstić information content (AvgIpc) is 2.81. The summed E-state index contributed by atoms with van der Waals surface area (Å²) in [6.45, 7) is 0. The lowest BCUT2D eigenvalue weighted by Crippen LogP contribution is -2.35. The second-order valence-corrected chi connectivity index (χ2v) is 4.74. The van der Waals surface area contributed by atoms with Gasteiger partial charge in [-0.3, -0.25) is 4.79 Å². The SMILES string of the molecule is CN(C(=O)c1ccccc1Cl)C1CCCC1. The van der Waals surface area contributed by atoms with E-state index in [0.29, 0.717) is 16.6 Å². The van der Waals surface area contributed by atoms with Crippen LogP contribution >= 0.6 is 11.6 Å². The van der Waals surface area contributed by atoms with Crippen LogP contribution in [0.3, 0.4) is 0 Å². The lowest BCUT2D eigenvalue weighted by molar-refractivity contribution is 0.0735. The highest BCUT2D eigenvalue weighted by Gasteiger charge is 2.24. The van der Waals surface area contributed by atoms with Gasteiger partial charge in [-0.1, -0.05) is 36.6 Å². The summed E-state index contributed by atoms with van der Waals surface area (Å²) in [7, 11) is 1.88. The Balaban J connectivity index is 2.15. The van der Waals surface area contributed by atoms with Crippen molar-refractivity contribution < 1.29 is 4.79 Å². The summed E-state index contributed by atoms with van der Waals surface area (Å²) < 4.78 is 0. The molecule has 0 aromatic heterocycles. The van der Waals surface area contributed by atoms with Gasteiger partial charge < -0.3 is 4.90 Å². The van der Waals surface area contributed by atoms with Gasteiger partial charge in [0, 0.05) is 13.1 Å². The number of benzene rings is 1. The van der Waals surface area contributed by atoms with Crippen LogP contribution in [0.2, 0.25) is 5.02 Å². The van der Waals surface area contributed by atoms with Crippen molar-refractivity contribution in [3.8, 4) is 0 Å². The quantitative estimate of drug-likeness (QED) is 0.773. The second kappa shape index (κ2) is 4.88. The van der Waals surface area contributed by atoms with Crippen LogP contribution in [0.15, 0.2) is 24.3 Å². The molecule has 86 valence electrons. The first kappa shape index (κ1) is 11.5. The zero-order chi connectivity index (χ0) is 11.5. The van der Waals surface area contributed by atoms with Crippen LogP contribution in [0.1, 0.15) is 36.0 Å². The Bertz CT molecular complexity index is 385. The predicted octanol–water partition coefficient (Wildman–Crippen LogP) is 3.35. The molecule has 1 saturated carbocycles. The first-order valence-corrected chi connectivity index (χ1v) is 6.09. The lowest BCUT2D eigenvalue weighted by atomic mass is 10.1. The molecule has 0 saturated heterocycles. The minimum atomic E-state index is 0.0394. The topological polar surface area (TPSA) is 20.3 Å². The molecule has 1 aliphatic rings. The van der Waals surface area contributed by atoms with Gasteiger partial charge >= 0.3 is 0 Å². The maximum absolute atomic E-state index is 12.2. The molecule has 1 aromatic carbocycles. The van der Waals surface area contributed by atoms with Crippen LogP contribution in [0, 0.1) is 0 Å². The Hall–Kier alpha value is -1.02. The molecule has 2 rings (SSSR count). The maximum Gasteiger partial charge on any atom is 0.255 e. The van der Waals surface area contributed by atoms with Crippen molar-refractivity contribution in [3.05, 3.63) is 34.9 Å². The molecular formula is C13H16ClNO. The molecule has 0 unspecified atom stereocenters. The normalized spacial score (nSPS) is 16.4. The van der Waals surface area contributed by atoms with Gasteiger partial charge in [0.2, 0.25) is 0 Å². The Morgan fingerprint density at radius 3 is 2.56 bits per heavy atom. The number of rotatable bonds is 2. The molecule has 0 N–H and O–H groups in total. The minimum Gasteiger partial charge on any atom is -0.339 e. The molecule has 1 aliphatic carbocycles. The minimum absolute atomic E-state index is 0.0394. The third-order valence-corrected chi connectivity index (χ3v) is 3.63. The first-order chi connectivity index (χ1) is 7.70. The van der Waals surface area contributed by atoms with Crippen LogP contribution in [-0.4, -0.2) is 23.9 Å². The van der Waals surface area contributed by atoms with E-state index in [2.05, 4.69) is 0 Å². The number of hydrogen-bond acceptors (Lipinski definition) is 1. The Kier molecular flexibility index (Phi) is 3.49. The standard InChI is InChI=1S/C13H16ClNO/c1-15(10-6-2-3-7-10)13(16)11-8-4-5-9-12(11)14/h4-5,8-10H,2-3,6-7H2,1H3. The van der Waals surface area contributed by atoms with Gasteiger partial charge in [-0.2, -0.15) is 0 Å². The number of hydrogen-bond donors (Lipinski definition) is 0. The van der Waals surface area contributed by atoms with Gasteiger partial charge in [-0.15, -0.1) is 0 Å². The van der Waals surface area contributed by atoms with Crippen LogP contribution in [0.25, 0.3) is 0 Å². The fraction of sp³-hybridized carbons (Fsp3) is 0.462. The molecule has 0 bridgehead atoms. The number of carbonyl (C=O) groups excluding carboxylic acids is 1. The molecule has 16 heavy (non-hydrogen) atoms. The number of halogens is 1. The van der Waals surface area contributed by atoms with E-state index in [4.69, 9.17) is 11.6 Å². The molecule has 0 aliphatic heterocycles. The van der Waals surface area contributed by atoms with Crippen LogP contribution in [-0.2, 0) is 0 Å². The van der Waals surface area contributed by atoms with Crippen molar-refractivity contribution in [1.82, 2.24) is 4.90 Å². The van der Waals surface area contributed by atoms with E-state index in [0.717, 1.165) is 12.8 Å². The zero-order valence-electron chi connectivity index (χ0n) is 9.45. The third-order valence-electron chi connectivity index (χ3n) is 3.30. The van der Waals surface area contributed by atoms with E-state index in [9.17, 15) is 4.79 Å². The Morgan fingerprint density at radius 2 is 1.94 bits per heavy atom. The van der Waals surface area contributed by atoms with Crippen LogP contribution in [0.4, 0.5) is 0 Å². The monoisotopic (exact) mass is 237 g/mol. The van der Waals surface area contributed by atoms with Crippen molar-refractivity contribution in [2.75, 3.05) is 7.05 Å². The zero-order valence-corrected chi connectivity index (χ0v) is 10.2. The van der Waals surface area contributed by atoms with E-state index in [1.807, 2.05) is 24.1 Å². The van der Waals surface area contributed by atoms with Crippen LogP contribution in [0.5, 0.6) is 0 Å². The number of nitrogens with zero attached hydrogens (tertiary/aromatic N) is 1. The summed E-state index contributed by atoms with van der Waals surface area (Å²) in [6, 6.07) is 7.63. The molecule has 0 atom stereocenters. The Morgan fingerprint density at radius 1 is 1.31 bits per heavy atom. The average molecular weight is 238 g/mol. The van der Waals surface area contributed by atoms with Gasteiger partial charge in [0.1, 0.15) is 0 Å². The molecule has 1 aromatic rings. The number of carbonyl (C=O) groups is 1. The summed E-state index contributed by atoms with van der Waals surface area (Å²) >= 11 is 6.02. The largest absolute Gasteiger partial charge is 0.339 e. The molecule has 3 heteroatoms. The molecule has 2 nitrogen and oxygen atoms in total. The summed E-state index contributed by atoms with van der Waals surface area (Å²) in [5, 5.41) is 0.539. The molecule has 1 amide bonds. The predicted molar refractivity (Wildman–Crippen MR) is 65.8 cm³/mol. The summed E-state index contributed by atoms with van der Waals surface area (Å²) in [4.78, 5) is 14.0. The summed E-state index contributed by atoms with van der Waals surface area (Å²) in [6.07, 6.45) is 4.69. The smallest absolute Gasteiger partial charge is 0.255 e. The molecule has 1 fully saturated rings. The van der Waals surface area contributed by atoms with Crippen molar-refractivity contribution >= 4 is 17.5 Å². The number of amides is 1. The molecule has 0 spiro atoms. The summed E-state index contributed by atoms with van der Waals surface area (Å²) in [5.74, 6) is 0.0394. The maximum atomic E-state index is 12.2. The van der Waals surface area contributed by atoms with Gasteiger partial charge in [-0.25, -0.2) is 0 Å². The van der Waals surface area contributed by atoms with Gasteiger partial charge in [-0.05, 0) is 25.0 Å². The van der Waals surface area contributed by atoms with Gasteiger partial charge in [0.05, 0.1) is 10.6 Å². The Labute approximate surface area is 101 Å². The van der Waals surface area contributed by atoms with Crippen molar-refractivity contribution in [2.45, 2.75) is 31.7 Å². The van der Waals surface area contributed by atoms with Gasteiger partial charge in [0.25, 0.3) is 5.91 Å².